The van der Waals surface area contributed by atoms with Crippen molar-refractivity contribution >= 4 is 17.9 Å². The molecule has 0 bridgehead atoms. The molecule has 3 aromatic carbocycles. The van der Waals surface area contributed by atoms with Crippen LogP contribution in [-0.2, 0) is 5.11 Å². The lowest BCUT2D eigenvalue weighted by Crippen LogP contribution is -1.99. The van der Waals surface area contributed by atoms with Crippen molar-refractivity contribution in [1.29, 1.82) is 0 Å². The van der Waals surface area contributed by atoms with E-state index in [9.17, 15) is 19.5 Å². The Morgan fingerprint density at radius 3 is 0.701 bits per heavy atom. The summed E-state index contributed by atoms with van der Waals surface area (Å²) < 4.78 is 16.7. The Balaban J connectivity index is 0.000000889. The smallest absolute Gasteiger partial charge is 0.335 e. The second-order valence-corrected chi connectivity index (χ2v) is 17.2. The molecule has 0 unspecified atom stereocenters. The van der Waals surface area contributed by atoms with Crippen LogP contribution in [-0.4, -0.2) is 59.7 Å². The van der Waals surface area contributed by atoms with Gasteiger partial charge in [0.05, 0.1) is 43.1 Å². The van der Waals surface area contributed by atoms with Crippen LogP contribution in [0.15, 0.2) is 72.8 Å². The van der Waals surface area contributed by atoms with E-state index < -0.39 is 17.9 Å². The highest BCUT2D eigenvalue weighted by Crippen LogP contribution is 2.17. The third-order valence-electron chi connectivity index (χ3n) is 11.1. The summed E-state index contributed by atoms with van der Waals surface area (Å²) in [4.78, 5) is 32.0. The largest absolute Gasteiger partial charge is 0.494 e. The normalized spacial score (nSPS) is 10.3. The van der Waals surface area contributed by atoms with Crippen LogP contribution in [0.5, 0.6) is 17.2 Å². The van der Waals surface area contributed by atoms with Gasteiger partial charge in [-0.3, -0.25) is 0 Å². The van der Waals surface area contributed by atoms with Crippen molar-refractivity contribution in [3.8, 4) is 17.2 Å². The zero-order valence-corrected chi connectivity index (χ0v) is 42.3. The van der Waals surface area contributed by atoms with Gasteiger partial charge in [0.2, 0.25) is 0 Å². The van der Waals surface area contributed by atoms with Gasteiger partial charge in [0.15, 0.2) is 0 Å². The van der Waals surface area contributed by atoms with Gasteiger partial charge < -0.3 is 29.5 Å². The third-order valence-corrected chi connectivity index (χ3v) is 11.1. The van der Waals surface area contributed by atoms with Gasteiger partial charge in [0.25, 0.3) is 0 Å². The molecule has 0 amide bonds. The highest BCUT2D eigenvalue weighted by Gasteiger charge is 2.04. The Hall–Kier alpha value is -4.57. The van der Waals surface area contributed by atoms with Gasteiger partial charge in [-0.1, -0.05) is 182 Å². The molecule has 3 N–H and O–H groups in total. The molecule has 0 spiro atoms. The van der Waals surface area contributed by atoms with Crippen LogP contribution in [0, 0.1) is 0 Å². The molecule has 0 saturated carbocycles. The van der Waals surface area contributed by atoms with Crippen LogP contribution >= 0.6 is 0 Å². The Morgan fingerprint density at radius 2 is 0.507 bits per heavy atom. The van der Waals surface area contributed by atoms with Gasteiger partial charge in [-0.25, -0.2) is 19.5 Å². The second kappa shape index (κ2) is 46.5. The van der Waals surface area contributed by atoms with Gasteiger partial charge in [0.1, 0.15) is 17.2 Å². The molecule has 0 aliphatic carbocycles. The number of benzene rings is 3. The number of hydrogen-bond donors (Lipinski definition) is 3. The molecule has 3 rings (SSSR count). The molecule has 0 aliphatic heterocycles. The zero-order chi connectivity index (χ0) is 49.4. The lowest BCUT2D eigenvalue weighted by atomic mass is 10.1. The van der Waals surface area contributed by atoms with E-state index in [2.05, 4.69) is 27.7 Å². The SMILES string of the molecule is CCCCCCCCCCOc1ccc(C(=O)O)cc1.CCCCCCCCCOc1ccc(C(=O)O)cc1.CCCCCCCCC[O].CCCCCCCCOc1ccc(C(=O)O)cc1. The van der Waals surface area contributed by atoms with Crippen molar-refractivity contribution in [2.75, 3.05) is 26.4 Å². The lowest BCUT2D eigenvalue weighted by molar-refractivity contribution is 0.0686. The molecule has 0 saturated heterocycles. The van der Waals surface area contributed by atoms with E-state index >= 15 is 0 Å². The molecule has 379 valence electrons. The minimum atomic E-state index is -0.905. The van der Waals surface area contributed by atoms with E-state index in [1.165, 1.54) is 148 Å². The number of unbranched alkanes of at least 4 members (excludes halogenated alkanes) is 24. The van der Waals surface area contributed by atoms with Crippen LogP contribution in [0.4, 0.5) is 0 Å². The van der Waals surface area contributed by atoms with Gasteiger partial charge in [0, 0.05) is 0 Å². The van der Waals surface area contributed by atoms with E-state index in [-0.39, 0.29) is 6.61 Å². The average Bonchev–Trinajstić information content (AvgIpc) is 3.33. The highest BCUT2D eigenvalue weighted by molar-refractivity contribution is 5.88. The summed E-state index contributed by atoms with van der Waals surface area (Å²) in [5, 5.41) is 36.3. The molecule has 10 nitrogen and oxygen atoms in total. The summed E-state index contributed by atoms with van der Waals surface area (Å²) in [5.74, 6) is -0.474. The first kappa shape index (κ1) is 62.4. The van der Waals surface area contributed by atoms with Crippen LogP contribution in [0.3, 0.4) is 0 Å². The molecule has 3 aromatic rings. The van der Waals surface area contributed by atoms with E-state index in [1.807, 2.05) is 0 Å². The summed E-state index contributed by atoms with van der Waals surface area (Å²) in [6, 6.07) is 19.7. The molecule has 1 radical (unpaired) electrons. The topological polar surface area (TPSA) is 159 Å². The minimum absolute atomic E-state index is 0.119. The lowest BCUT2D eigenvalue weighted by Gasteiger charge is -2.06. The predicted molar refractivity (Wildman–Crippen MR) is 274 cm³/mol. The molecule has 0 aliphatic rings. The van der Waals surface area contributed by atoms with E-state index in [4.69, 9.17) is 29.5 Å². The monoisotopic (exact) mass is 936 g/mol. The van der Waals surface area contributed by atoms with Crippen LogP contribution in [0.1, 0.15) is 239 Å². The maximum atomic E-state index is 10.7. The molecular formula is C57H91O10. The summed E-state index contributed by atoms with van der Waals surface area (Å²) in [6.45, 7) is 11.1. The van der Waals surface area contributed by atoms with Crippen LogP contribution in [0.2, 0.25) is 0 Å². The minimum Gasteiger partial charge on any atom is -0.494 e. The number of rotatable bonds is 37. The van der Waals surface area contributed by atoms with Crippen molar-refractivity contribution in [3.05, 3.63) is 89.5 Å². The summed E-state index contributed by atoms with van der Waals surface area (Å²) >= 11 is 0. The van der Waals surface area contributed by atoms with E-state index in [0.29, 0.717) is 36.5 Å². The first-order valence-electron chi connectivity index (χ1n) is 26.1. The number of ether oxygens (including phenoxy) is 3. The second-order valence-electron chi connectivity index (χ2n) is 17.2. The van der Waals surface area contributed by atoms with Gasteiger partial charge in [-0.2, -0.15) is 0 Å². The van der Waals surface area contributed by atoms with Crippen molar-refractivity contribution < 1.29 is 49.0 Å². The fraction of sp³-hybridized carbons (Fsp3) is 0.632. The predicted octanol–water partition coefficient (Wildman–Crippen LogP) is 16.7. The number of aromatic carboxylic acids is 3. The van der Waals surface area contributed by atoms with Crippen molar-refractivity contribution in [3.63, 3.8) is 0 Å². The molecule has 67 heavy (non-hydrogen) atoms. The quantitative estimate of drug-likeness (QED) is 0.0478. The Morgan fingerprint density at radius 1 is 0.313 bits per heavy atom. The molecule has 0 atom stereocenters. The van der Waals surface area contributed by atoms with E-state index in [1.54, 1.807) is 72.8 Å². The maximum absolute atomic E-state index is 10.7. The number of hydrogen-bond acceptors (Lipinski definition) is 6. The van der Waals surface area contributed by atoms with Crippen LogP contribution in [0.25, 0.3) is 0 Å². The van der Waals surface area contributed by atoms with Crippen molar-refractivity contribution in [2.24, 2.45) is 0 Å². The fourth-order valence-electron chi connectivity index (χ4n) is 6.89. The van der Waals surface area contributed by atoms with E-state index in [0.717, 1.165) is 49.4 Å². The highest BCUT2D eigenvalue weighted by atomic mass is 16.5. The third kappa shape index (κ3) is 39.2. The zero-order valence-electron chi connectivity index (χ0n) is 42.3. The summed E-state index contributed by atoms with van der Waals surface area (Å²) in [7, 11) is 0. The summed E-state index contributed by atoms with van der Waals surface area (Å²) in [6.07, 6.45) is 35.2. The van der Waals surface area contributed by atoms with Crippen molar-refractivity contribution in [2.45, 2.75) is 207 Å². The first-order chi connectivity index (χ1) is 32.6. The Bertz CT molecular complexity index is 1550. The molecule has 10 heteroatoms. The number of carboxylic acid groups (broad SMARTS) is 3. The first-order valence-corrected chi connectivity index (χ1v) is 26.1. The van der Waals surface area contributed by atoms with Gasteiger partial charge >= 0.3 is 17.9 Å². The molecular weight excluding hydrogens is 845 g/mol. The molecule has 0 aromatic heterocycles. The fourth-order valence-corrected chi connectivity index (χ4v) is 6.89. The Kier molecular flexibility index (Phi) is 43.4. The molecule has 0 fully saturated rings. The van der Waals surface area contributed by atoms with Crippen molar-refractivity contribution in [1.82, 2.24) is 0 Å². The number of carboxylic acids is 3. The van der Waals surface area contributed by atoms with Gasteiger partial charge in [-0.15, -0.1) is 0 Å². The maximum Gasteiger partial charge on any atom is 0.335 e. The average molecular weight is 936 g/mol. The van der Waals surface area contributed by atoms with Gasteiger partial charge in [-0.05, 0) is 98.5 Å². The Labute approximate surface area is 406 Å². The van der Waals surface area contributed by atoms with Crippen LogP contribution < -0.4 is 14.2 Å². The summed E-state index contributed by atoms with van der Waals surface area (Å²) in [5.41, 5.74) is 0.884. The standard InChI is InChI=1S/C17H26O3.C16H24O3.C15H22O3.C9H19O/c1-2-3-4-5-6-7-8-9-14-20-16-12-10-15(11-13-16)17(18)19;1-2-3-4-5-6-7-8-13-19-15-11-9-14(10-12-15)16(17)18;1-2-3-4-5-6-7-12-18-14-10-8-13(9-11-14)15(16)17;1-2-3-4-5-6-7-8-9-10/h10-13H,2-9,14H2,1H3,(H,18,19);9-12H,2-8,13H2,1H3,(H,17,18);8-11H,2-7,12H2,1H3,(H,16,17);2-9H2,1H3. The molecule has 0 heterocycles. The number of carbonyl (C=O) groups is 3.